The number of piperidine rings is 1. The predicted octanol–water partition coefficient (Wildman–Crippen LogP) is 3.09. The van der Waals surface area contributed by atoms with Crippen LogP contribution in [0.5, 0.6) is 11.5 Å². The molecule has 0 radical (unpaired) electrons. The number of nitrogens with one attached hydrogen (secondary N) is 1. The van der Waals surface area contributed by atoms with Gasteiger partial charge in [0.25, 0.3) is 5.91 Å². The smallest absolute Gasteiger partial charge is 0.254 e. The number of ether oxygens (including phenoxy) is 2. The van der Waals surface area contributed by atoms with Crippen molar-refractivity contribution >= 4 is 5.91 Å². The number of amides is 1. The number of carbonyl (C=O) groups is 1. The summed E-state index contributed by atoms with van der Waals surface area (Å²) in [5.41, 5.74) is 0.668. The lowest BCUT2D eigenvalue weighted by atomic mass is 10.0. The van der Waals surface area contributed by atoms with Crippen LogP contribution in [0.3, 0.4) is 0 Å². The highest BCUT2D eigenvalue weighted by atomic mass is 16.5. The average molecular weight is 334 g/mol. The maximum atomic E-state index is 12.8. The van der Waals surface area contributed by atoms with E-state index in [4.69, 9.17) is 9.47 Å². The number of hydrogen-bond acceptors (Lipinski definition) is 4. The molecule has 5 heteroatoms. The Bertz CT molecular complexity index is 533. The molecule has 0 aliphatic carbocycles. The average Bonchev–Trinajstić information content (AvgIpc) is 2.64. The van der Waals surface area contributed by atoms with Gasteiger partial charge in [-0.3, -0.25) is 4.79 Å². The molecule has 1 N–H and O–H groups in total. The summed E-state index contributed by atoms with van der Waals surface area (Å²) in [4.78, 5) is 14.7. The van der Waals surface area contributed by atoms with Crippen molar-refractivity contribution in [3.8, 4) is 11.5 Å². The minimum atomic E-state index is 0.0679. The van der Waals surface area contributed by atoms with E-state index in [-0.39, 0.29) is 5.91 Å². The van der Waals surface area contributed by atoms with E-state index in [1.54, 1.807) is 0 Å². The van der Waals surface area contributed by atoms with E-state index in [1.165, 1.54) is 0 Å². The Kier molecular flexibility index (Phi) is 7.37. The standard InChI is InChI=1S/C19H30N2O3/c1-4-11-23-17-9-8-15(13-18(17)24-12-5-2)19(22)21-10-6-7-16(14-21)20-3/h8-9,13,16,20H,4-7,10-12,14H2,1-3H3. The van der Waals surface area contributed by atoms with E-state index in [0.717, 1.165) is 38.8 Å². The number of benzene rings is 1. The molecule has 1 heterocycles. The van der Waals surface area contributed by atoms with E-state index in [9.17, 15) is 4.79 Å². The zero-order valence-electron chi connectivity index (χ0n) is 15.1. The van der Waals surface area contributed by atoms with Crippen molar-refractivity contribution in [2.24, 2.45) is 0 Å². The van der Waals surface area contributed by atoms with Gasteiger partial charge in [-0.2, -0.15) is 0 Å². The van der Waals surface area contributed by atoms with Gasteiger partial charge in [-0.25, -0.2) is 0 Å². The first-order valence-electron chi connectivity index (χ1n) is 9.05. The Hall–Kier alpha value is -1.75. The molecule has 0 bridgehead atoms. The van der Waals surface area contributed by atoms with Crippen LogP contribution >= 0.6 is 0 Å². The highest BCUT2D eigenvalue weighted by Gasteiger charge is 2.24. The SMILES string of the molecule is CCCOc1ccc(C(=O)N2CCCC(NC)C2)cc1OCCC. The van der Waals surface area contributed by atoms with Crippen molar-refractivity contribution in [2.75, 3.05) is 33.4 Å². The summed E-state index contributed by atoms with van der Waals surface area (Å²) >= 11 is 0. The molecule has 1 aliphatic rings. The zero-order chi connectivity index (χ0) is 17.4. The topological polar surface area (TPSA) is 50.8 Å². The molecule has 0 saturated carbocycles. The lowest BCUT2D eigenvalue weighted by Crippen LogP contribution is -2.46. The fourth-order valence-corrected chi connectivity index (χ4v) is 2.88. The molecule has 24 heavy (non-hydrogen) atoms. The van der Waals surface area contributed by atoms with E-state index in [0.29, 0.717) is 36.3 Å². The lowest BCUT2D eigenvalue weighted by molar-refractivity contribution is 0.0697. The predicted molar refractivity (Wildman–Crippen MR) is 96.0 cm³/mol. The van der Waals surface area contributed by atoms with Crippen LogP contribution in [0.4, 0.5) is 0 Å². The van der Waals surface area contributed by atoms with E-state index in [1.807, 2.05) is 30.1 Å². The van der Waals surface area contributed by atoms with Gasteiger partial charge >= 0.3 is 0 Å². The number of likely N-dealkylation sites (tertiary alicyclic amines) is 1. The molecule has 2 rings (SSSR count). The third-order valence-electron chi connectivity index (χ3n) is 4.23. The van der Waals surface area contributed by atoms with Crippen LogP contribution in [0, 0.1) is 0 Å². The Morgan fingerprint density at radius 3 is 2.58 bits per heavy atom. The normalized spacial score (nSPS) is 17.6. The summed E-state index contributed by atoms with van der Waals surface area (Å²) in [5.74, 6) is 1.45. The molecule has 0 spiro atoms. The van der Waals surface area contributed by atoms with Crippen molar-refractivity contribution in [2.45, 2.75) is 45.6 Å². The molecule has 1 amide bonds. The van der Waals surface area contributed by atoms with Gasteiger partial charge < -0.3 is 19.7 Å². The first kappa shape index (κ1) is 18.6. The zero-order valence-corrected chi connectivity index (χ0v) is 15.1. The van der Waals surface area contributed by atoms with Gasteiger partial charge in [0.15, 0.2) is 11.5 Å². The highest BCUT2D eigenvalue weighted by Crippen LogP contribution is 2.29. The van der Waals surface area contributed by atoms with Gasteiger partial charge in [-0.15, -0.1) is 0 Å². The van der Waals surface area contributed by atoms with Crippen LogP contribution in [0.1, 0.15) is 49.9 Å². The Balaban J connectivity index is 2.14. The number of likely N-dealkylation sites (N-methyl/N-ethyl adjacent to an activating group) is 1. The van der Waals surface area contributed by atoms with Crippen molar-refractivity contribution in [3.05, 3.63) is 23.8 Å². The summed E-state index contributed by atoms with van der Waals surface area (Å²) in [6.45, 7) is 6.97. The second-order valence-electron chi connectivity index (χ2n) is 6.24. The van der Waals surface area contributed by atoms with Gasteiger partial charge in [-0.1, -0.05) is 13.8 Å². The first-order valence-corrected chi connectivity index (χ1v) is 9.05. The quantitative estimate of drug-likeness (QED) is 0.794. The van der Waals surface area contributed by atoms with Crippen molar-refractivity contribution in [3.63, 3.8) is 0 Å². The molecule has 5 nitrogen and oxygen atoms in total. The summed E-state index contributed by atoms with van der Waals surface area (Å²) in [5, 5.41) is 3.27. The van der Waals surface area contributed by atoms with Crippen molar-refractivity contribution in [1.29, 1.82) is 0 Å². The van der Waals surface area contributed by atoms with E-state index >= 15 is 0 Å². The van der Waals surface area contributed by atoms with Gasteiger partial charge in [0.1, 0.15) is 0 Å². The van der Waals surface area contributed by atoms with Gasteiger partial charge in [-0.05, 0) is 50.9 Å². The van der Waals surface area contributed by atoms with Crippen LogP contribution in [0.15, 0.2) is 18.2 Å². The maximum absolute atomic E-state index is 12.8. The van der Waals surface area contributed by atoms with Crippen LogP contribution in [0.2, 0.25) is 0 Å². The van der Waals surface area contributed by atoms with Crippen LogP contribution in [-0.2, 0) is 0 Å². The monoisotopic (exact) mass is 334 g/mol. The molecular weight excluding hydrogens is 304 g/mol. The molecular formula is C19H30N2O3. The molecule has 1 aliphatic heterocycles. The molecule has 134 valence electrons. The number of rotatable bonds is 8. The van der Waals surface area contributed by atoms with Crippen LogP contribution in [-0.4, -0.2) is 50.2 Å². The van der Waals surface area contributed by atoms with Gasteiger partial charge in [0.2, 0.25) is 0 Å². The second kappa shape index (κ2) is 9.52. The third-order valence-corrected chi connectivity index (χ3v) is 4.23. The Labute approximate surface area is 145 Å². The number of nitrogens with zero attached hydrogens (tertiary/aromatic N) is 1. The molecule has 1 fully saturated rings. The largest absolute Gasteiger partial charge is 0.490 e. The highest BCUT2D eigenvalue weighted by molar-refractivity contribution is 5.95. The summed E-state index contributed by atoms with van der Waals surface area (Å²) in [6.07, 6.45) is 4.01. The first-order chi connectivity index (χ1) is 11.7. The summed E-state index contributed by atoms with van der Waals surface area (Å²) in [6, 6.07) is 5.90. The third kappa shape index (κ3) is 4.87. The van der Waals surface area contributed by atoms with Crippen molar-refractivity contribution in [1.82, 2.24) is 10.2 Å². The second-order valence-corrected chi connectivity index (χ2v) is 6.24. The molecule has 1 unspecified atom stereocenters. The number of hydrogen-bond donors (Lipinski definition) is 1. The minimum Gasteiger partial charge on any atom is -0.490 e. The Morgan fingerprint density at radius 1 is 1.21 bits per heavy atom. The maximum Gasteiger partial charge on any atom is 0.254 e. The summed E-state index contributed by atoms with van der Waals surface area (Å²) < 4.78 is 11.5. The van der Waals surface area contributed by atoms with Crippen molar-refractivity contribution < 1.29 is 14.3 Å². The van der Waals surface area contributed by atoms with Crippen LogP contribution in [0.25, 0.3) is 0 Å². The minimum absolute atomic E-state index is 0.0679. The fourth-order valence-electron chi connectivity index (χ4n) is 2.88. The van der Waals surface area contributed by atoms with Crippen LogP contribution < -0.4 is 14.8 Å². The number of carbonyl (C=O) groups excluding carboxylic acids is 1. The molecule has 1 aromatic carbocycles. The molecule has 1 aromatic rings. The lowest BCUT2D eigenvalue weighted by Gasteiger charge is -2.32. The van der Waals surface area contributed by atoms with Gasteiger partial charge in [0.05, 0.1) is 13.2 Å². The van der Waals surface area contributed by atoms with Gasteiger partial charge in [0, 0.05) is 24.7 Å². The Morgan fingerprint density at radius 2 is 1.92 bits per heavy atom. The van der Waals surface area contributed by atoms with E-state index in [2.05, 4.69) is 19.2 Å². The molecule has 1 saturated heterocycles. The van der Waals surface area contributed by atoms with E-state index < -0.39 is 0 Å². The fraction of sp³-hybridized carbons (Fsp3) is 0.632. The summed E-state index contributed by atoms with van der Waals surface area (Å²) in [7, 11) is 1.95. The molecule has 1 atom stereocenters. The molecule has 0 aromatic heterocycles.